The first-order valence-electron chi connectivity index (χ1n) is 7.42. The van der Waals surface area contributed by atoms with Crippen LogP contribution >= 0.6 is 0 Å². The lowest BCUT2D eigenvalue weighted by Gasteiger charge is -2.13. The van der Waals surface area contributed by atoms with E-state index in [0.717, 1.165) is 0 Å². The number of carboxylic acids is 2. The van der Waals surface area contributed by atoms with Gasteiger partial charge >= 0.3 is 11.9 Å². The van der Waals surface area contributed by atoms with Crippen molar-refractivity contribution < 1.29 is 29.4 Å². The highest BCUT2D eigenvalue weighted by molar-refractivity contribution is 5.90. The molecule has 0 bridgehead atoms. The van der Waals surface area contributed by atoms with Crippen LogP contribution in [0.25, 0.3) is 0 Å². The van der Waals surface area contributed by atoms with Crippen molar-refractivity contribution in [1.29, 1.82) is 0 Å². The number of Topliss-reactive ketones (excluding diaryl/α,β-unsaturated/α-hetero) is 1. The number of aliphatic imine (C=N–C) groups is 1. The summed E-state index contributed by atoms with van der Waals surface area (Å²) >= 11 is 0. The van der Waals surface area contributed by atoms with E-state index in [2.05, 4.69) is 10.3 Å². The van der Waals surface area contributed by atoms with Crippen molar-refractivity contribution in [2.45, 2.75) is 51.1 Å². The maximum absolute atomic E-state index is 11.8. The molecule has 0 aliphatic rings. The van der Waals surface area contributed by atoms with E-state index >= 15 is 0 Å². The Morgan fingerprint density at radius 1 is 1.17 bits per heavy atom. The lowest BCUT2D eigenvalue weighted by atomic mass is 10.0. The molecule has 0 aliphatic heterocycles. The summed E-state index contributed by atoms with van der Waals surface area (Å²) in [6.07, 6.45) is -0.168. The summed E-state index contributed by atoms with van der Waals surface area (Å²) < 4.78 is 0. The number of carbonyl (C=O) groups is 4. The summed E-state index contributed by atoms with van der Waals surface area (Å²) in [5, 5.41) is 19.4. The van der Waals surface area contributed by atoms with Gasteiger partial charge in [0.1, 0.15) is 11.8 Å². The lowest BCUT2D eigenvalue weighted by molar-refractivity contribution is -0.147. The third kappa shape index (κ3) is 10.3. The van der Waals surface area contributed by atoms with Gasteiger partial charge in [0, 0.05) is 19.4 Å². The Morgan fingerprint density at radius 3 is 2.29 bits per heavy atom. The molecule has 10 nitrogen and oxygen atoms in total. The number of ketones is 1. The summed E-state index contributed by atoms with van der Waals surface area (Å²) in [7, 11) is 0. The first-order chi connectivity index (χ1) is 11.1. The van der Waals surface area contributed by atoms with Gasteiger partial charge in [0.05, 0.1) is 18.3 Å². The summed E-state index contributed by atoms with van der Waals surface area (Å²) in [5.74, 6) is -3.40. The maximum Gasteiger partial charge on any atom is 0.326 e. The minimum absolute atomic E-state index is 0.147. The molecule has 2 atom stereocenters. The Morgan fingerprint density at radius 2 is 1.79 bits per heavy atom. The molecule has 1 amide bonds. The lowest BCUT2D eigenvalue weighted by Crippen LogP contribution is -2.42. The smallest absolute Gasteiger partial charge is 0.326 e. The van der Waals surface area contributed by atoms with E-state index in [-0.39, 0.29) is 18.6 Å². The van der Waals surface area contributed by atoms with E-state index in [9.17, 15) is 19.2 Å². The fourth-order valence-electron chi connectivity index (χ4n) is 1.79. The molecule has 7 N–H and O–H groups in total. The van der Waals surface area contributed by atoms with Crippen LogP contribution in [0.3, 0.4) is 0 Å². The monoisotopic (exact) mass is 344 g/mol. The molecule has 0 aromatic heterocycles. The molecule has 0 aromatic rings. The van der Waals surface area contributed by atoms with Crippen molar-refractivity contribution in [2.75, 3.05) is 6.54 Å². The second-order valence-electron chi connectivity index (χ2n) is 5.29. The van der Waals surface area contributed by atoms with E-state index in [1.54, 1.807) is 6.92 Å². The van der Waals surface area contributed by atoms with Crippen LogP contribution in [-0.4, -0.2) is 58.3 Å². The highest BCUT2D eigenvalue weighted by Gasteiger charge is 2.23. The predicted molar refractivity (Wildman–Crippen MR) is 85.4 cm³/mol. The number of nitrogens with zero attached hydrogens (tertiary/aromatic N) is 1. The third-order valence-electron chi connectivity index (χ3n) is 3.06. The number of nitrogens with two attached hydrogens (primary N) is 2. The van der Waals surface area contributed by atoms with E-state index in [1.165, 1.54) is 0 Å². The molecule has 0 aromatic carbocycles. The van der Waals surface area contributed by atoms with Crippen molar-refractivity contribution in [3.63, 3.8) is 0 Å². The molecule has 0 heterocycles. The van der Waals surface area contributed by atoms with Gasteiger partial charge in [-0.05, 0) is 19.8 Å². The summed E-state index contributed by atoms with van der Waals surface area (Å²) in [6, 6.07) is -2.27. The van der Waals surface area contributed by atoms with Crippen LogP contribution in [0.1, 0.15) is 39.0 Å². The quantitative estimate of drug-likeness (QED) is 0.167. The molecular formula is C14H24N4O6. The fourth-order valence-corrected chi connectivity index (χ4v) is 1.79. The highest BCUT2D eigenvalue weighted by atomic mass is 16.4. The first-order valence-corrected chi connectivity index (χ1v) is 7.42. The normalized spacial score (nSPS) is 13.8. The Bertz CT molecular complexity index is 501. The van der Waals surface area contributed by atoms with E-state index in [1.807, 2.05) is 0 Å². The van der Waals surface area contributed by atoms with Crippen molar-refractivity contribution in [3.8, 4) is 0 Å². The molecule has 0 saturated carbocycles. The Balaban J connectivity index is 4.19. The van der Waals surface area contributed by atoms with Crippen molar-refractivity contribution in [1.82, 2.24) is 5.32 Å². The molecule has 0 fully saturated rings. The number of amidine groups is 1. The molecule has 0 rings (SSSR count). The Hall–Kier alpha value is -2.49. The SMILES string of the molecule is CC(N)=NCCC[C@H](N)C(=O)CCC(=O)NC(CC(=O)O)C(=O)O. The average Bonchev–Trinajstić information content (AvgIpc) is 2.47. The molecule has 1 unspecified atom stereocenters. The number of hydrogen-bond donors (Lipinski definition) is 5. The first kappa shape index (κ1) is 21.5. The van der Waals surface area contributed by atoms with Crippen LogP contribution in [0.2, 0.25) is 0 Å². The van der Waals surface area contributed by atoms with Crippen LogP contribution in [-0.2, 0) is 19.2 Å². The molecule has 24 heavy (non-hydrogen) atoms. The number of hydrogen-bond acceptors (Lipinski definition) is 6. The second kappa shape index (κ2) is 11.1. The zero-order chi connectivity index (χ0) is 18.7. The highest BCUT2D eigenvalue weighted by Crippen LogP contribution is 2.03. The number of nitrogens with one attached hydrogen (secondary N) is 1. The number of carbonyl (C=O) groups excluding carboxylic acids is 2. The van der Waals surface area contributed by atoms with Gasteiger partial charge in [0.25, 0.3) is 0 Å². The van der Waals surface area contributed by atoms with Crippen molar-refractivity contribution in [3.05, 3.63) is 0 Å². The molecule has 0 aliphatic carbocycles. The van der Waals surface area contributed by atoms with Crippen LogP contribution < -0.4 is 16.8 Å². The van der Waals surface area contributed by atoms with Gasteiger partial charge in [0.15, 0.2) is 0 Å². The molecular weight excluding hydrogens is 320 g/mol. The number of carboxylic acid groups (broad SMARTS) is 2. The summed E-state index contributed by atoms with van der Waals surface area (Å²) in [4.78, 5) is 48.7. The van der Waals surface area contributed by atoms with Crippen molar-refractivity contribution in [2.24, 2.45) is 16.5 Å². The minimum atomic E-state index is -1.53. The standard InChI is InChI=1S/C14H24N4O6/c1-8(15)17-6-2-3-9(16)11(19)4-5-12(20)18-10(14(23)24)7-13(21)22/h9-10H,2-7,16H2,1H3,(H2,15,17)(H,18,20)(H,21,22)(H,23,24)/t9-,10?/m0/s1. The maximum atomic E-state index is 11.8. The Kier molecular flexibility index (Phi) is 9.96. The van der Waals surface area contributed by atoms with Gasteiger partial charge in [-0.25, -0.2) is 4.79 Å². The van der Waals surface area contributed by atoms with Crippen LogP contribution in [0.5, 0.6) is 0 Å². The number of rotatable bonds is 12. The third-order valence-corrected chi connectivity index (χ3v) is 3.06. The number of aliphatic carboxylic acids is 2. The molecule has 0 radical (unpaired) electrons. The zero-order valence-electron chi connectivity index (χ0n) is 13.5. The fraction of sp³-hybridized carbons (Fsp3) is 0.643. The summed E-state index contributed by atoms with van der Waals surface area (Å²) in [5.41, 5.74) is 11.1. The van der Waals surface area contributed by atoms with E-state index < -0.39 is 36.4 Å². The molecule has 10 heteroatoms. The minimum Gasteiger partial charge on any atom is -0.481 e. The van der Waals surface area contributed by atoms with Gasteiger partial charge < -0.3 is 27.0 Å². The van der Waals surface area contributed by atoms with Gasteiger partial charge in [-0.2, -0.15) is 0 Å². The van der Waals surface area contributed by atoms with Crippen LogP contribution in [0, 0.1) is 0 Å². The Labute approximate surface area is 139 Å². The molecule has 0 spiro atoms. The van der Waals surface area contributed by atoms with Gasteiger partial charge in [-0.1, -0.05) is 0 Å². The second-order valence-corrected chi connectivity index (χ2v) is 5.29. The van der Waals surface area contributed by atoms with Gasteiger partial charge in [-0.15, -0.1) is 0 Å². The largest absolute Gasteiger partial charge is 0.481 e. The predicted octanol–water partition coefficient (Wildman–Crippen LogP) is -1.14. The average molecular weight is 344 g/mol. The van der Waals surface area contributed by atoms with Crippen LogP contribution in [0.4, 0.5) is 0 Å². The van der Waals surface area contributed by atoms with Crippen molar-refractivity contribution >= 4 is 29.5 Å². The zero-order valence-corrected chi connectivity index (χ0v) is 13.5. The van der Waals surface area contributed by atoms with E-state index in [0.29, 0.717) is 25.2 Å². The number of amides is 1. The summed E-state index contributed by atoms with van der Waals surface area (Å²) in [6.45, 7) is 2.11. The van der Waals surface area contributed by atoms with Crippen LogP contribution in [0.15, 0.2) is 4.99 Å². The van der Waals surface area contributed by atoms with Gasteiger partial charge in [0.2, 0.25) is 5.91 Å². The topological polar surface area (TPSA) is 185 Å². The van der Waals surface area contributed by atoms with E-state index in [4.69, 9.17) is 21.7 Å². The van der Waals surface area contributed by atoms with Gasteiger partial charge in [-0.3, -0.25) is 19.4 Å². The molecule has 0 saturated heterocycles. The molecule has 136 valence electrons.